The van der Waals surface area contributed by atoms with Gasteiger partial charge in [0.05, 0.1) is 6.54 Å². The number of rotatable bonds is 7. The van der Waals surface area contributed by atoms with Crippen LogP contribution in [0.3, 0.4) is 0 Å². The average molecular weight is 367 g/mol. The Morgan fingerprint density at radius 1 is 0.958 bits per heavy atom. The van der Waals surface area contributed by atoms with Gasteiger partial charge in [0.25, 0.3) is 5.91 Å². The van der Waals surface area contributed by atoms with Gasteiger partial charge in [-0.3, -0.25) is 9.59 Å². The summed E-state index contributed by atoms with van der Waals surface area (Å²) in [6, 6.07) is 14.0. The molecule has 0 saturated heterocycles. The number of halogens is 2. The normalized spacial score (nSPS) is 10.1. The van der Waals surface area contributed by atoms with E-state index in [1.807, 2.05) is 18.2 Å². The molecule has 0 unspecified atom stereocenters. The minimum absolute atomic E-state index is 0.137. The molecular weight excluding hydrogens is 351 g/mol. The highest BCUT2D eigenvalue weighted by atomic mass is 35.5. The molecule has 2 aromatic carbocycles. The fraction of sp³-hybridized carbons (Fsp3) is 0.176. The second-order valence-electron chi connectivity index (χ2n) is 4.89. The molecule has 0 aliphatic carbocycles. The van der Waals surface area contributed by atoms with Gasteiger partial charge in [0, 0.05) is 16.6 Å². The molecule has 0 aliphatic heterocycles. The third-order valence-electron chi connectivity index (χ3n) is 3.05. The summed E-state index contributed by atoms with van der Waals surface area (Å²) in [5.74, 6) is -0.109. The fourth-order valence-electron chi connectivity index (χ4n) is 1.82. The van der Waals surface area contributed by atoms with E-state index >= 15 is 0 Å². The van der Waals surface area contributed by atoms with Gasteiger partial charge in [-0.15, -0.1) is 0 Å². The van der Waals surface area contributed by atoms with E-state index in [4.69, 9.17) is 27.9 Å². The number of carbonyl (C=O) groups excluding carboxylic acids is 2. The van der Waals surface area contributed by atoms with Gasteiger partial charge in [0.15, 0.2) is 6.61 Å². The van der Waals surface area contributed by atoms with Crippen molar-refractivity contribution in [3.8, 4) is 5.75 Å². The Labute approximate surface area is 149 Å². The van der Waals surface area contributed by atoms with Crippen LogP contribution in [-0.4, -0.2) is 25.0 Å². The zero-order chi connectivity index (χ0) is 17.4. The van der Waals surface area contributed by atoms with E-state index in [9.17, 15) is 9.59 Å². The molecule has 24 heavy (non-hydrogen) atoms. The monoisotopic (exact) mass is 366 g/mol. The summed E-state index contributed by atoms with van der Waals surface area (Å²) in [6.07, 6.45) is 0. The van der Waals surface area contributed by atoms with Crippen LogP contribution < -0.4 is 15.4 Å². The van der Waals surface area contributed by atoms with E-state index in [-0.39, 0.29) is 31.5 Å². The summed E-state index contributed by atoms with van der Waals surface area (Å²) in [5.41, 5.74) is 0.744. The molecule has 0 aliphatic rings. The standard InChI is InChI=1S/C17H16Cl2N2O3/c18-13-7-6-12(15(19)8-13)9-20-16(22)10-21-17(23)11-24-14-4-2-1-3-5-14/h1-8H,9-11H2,(H,20,22)(H,21,23). The van der Waals surface area contributed by atoms with Gasteiger partial charge in [0.2, 0.25) is 5.91 Å². The third-order valence-corrected chi connectivity index (χ3v) is 3.64. The molecule has 126 valence electrons. The lowest BCUT2D eigenvalue weighted by Gasteiger charge is -2.09. The number of amides is 2. The van der Waals surface area contributed by atoms with Crippen molar-refractivity contribution in [3.63, 3.8) is 0 Å². The number of hydrogen-bond acceptors (Lipinski definition) is 3. The van der Waals surface area contributed by atoms with E-state index in [2.05, 4.69) is 10.6 Å². The van der Waals surface area contributed by atoms with Crippen molar-refractivity contribution in [3.05, 3.63) is 64.1 Å². The van der Waals surface area contributed by atoms with Crippen LogP contribution in [0.2, 0.25) is 10.0 Å². The highest BCUT2D eigenvalue weighted by molar-refractivity contribution is 6.35. The number of para-hydroxylation sites is 1. The summed E-state index contributed by atoms with van der Waals surface area (Å²) in [6.45, 7) is -0.0340. The molecule has 2 amide bonds. The minimum Gasteiger partial charge on any atom is -0.484 e. The van der Waals surface area contributed by atoms with Crippen LogP contribution in [0.15, 0.2) is 48.5 Å². The molecule has 0 saturated carbocycles. The van der Waals surface area contributed by atoms with E-state index in [0.29, 0.717) is 15.8 Å². The van der Waals surface area contributed by atoms with Crippen LogP contribution in [0.25, 0.3) is 0 Å². The van der Waals surface area contributed by atoms with Crippen LogP contribution in [0.5, 0.6) is 5.75 Å². The second-order valence-corrected chi connectivity index (χ2v) is 5.73. The molecule has 0 radical (unpaired) electrons. The van der Waals surface area contributed by atoms with Crippen LogP contribution >= 0.6 is 23.2 Å². The lowest BCUT2D eigenvalue weighted by Crippen LogP contribution is -2.38. The molecule has 7 heteroatoms. The second kappa shape index (κ2) is 9.15. The van der Waals surface area contributed by atoms with Crippen molar-refractivity contribution < 1.29 is 14.3 Å². The summed E-state index contributed by atoms with van der Waals surface area (Å²) in [5, 5.41) is 6.15. The highest BCUT2D eigenvalue weighted by Gasteiger charge is 2.07. The molecular formula is C17H16Cl2N2O3. The van der Waals surface area contributed by atoms with Crippen molar-refractivity contribution >= 4 is 35.0 Å². The fourth-order valence-corrected chi connectivity index (χ4v) is 2.29. The van der Waals surface area contributed by atoms with E-state index in [1.54, 1.807) is 30.3 Å². The molecule has 0 aromatic heterocycles. The average Bonchev–Trinajstić information content (AvgIpc) is 2.58. The Morgan fingerprint density at radius 2 is 1.71 bits per heavy atom. The summed E-state index contributed by atoms with van der Waals surface area (Å²) < 4.78 is 5.28. The summed E-state index contributed by atoms with van der Waals surface area (Å²) >= 11 is 11.8. The largest absolute Gasteiger partial charge is 0.484 e. The highest BCUT2D eigenvalue weighted by Crippen LogP contribution is 2.20. The molecule has 0 bridgehead atoms. The topological polar surface area (TPSA) is 67.4 Å². The molecule has 2 aromatic rings. The maximum atomic E-state index is 11.7. The van der Waals surface area contributed by atoms with Crippen molar-refractivity contribution in [1.82, 2.24) is 10.6 Å². The maximum absolute atomic E-state index is 11.7. The lowest BCUT2D eigenvalue weighted by atomic mass is 10.2. The van der Waals surface area contributed by atoms with Gasteiger partial charge in [-0.2, -0.15) is 0 Å². The van der Waals surface area contributed by atoms with Gasteiger partial charge >= 0.3 is 0 Å². The van der Waals surface area contributed by atoms with Gasteiger partial charge < -0.3 is 15.4 Å². The smallest absolute Gasteiger partial charge is 0.258 e. The molecule has 2 N–H and O–H groups in total. The summed E-state index contributed by atoms with van der Waals surface area (Å²) in [4.78, 5) is 23.4. The molecule has 0 atom stereocenters. The SMILES string of the molecule is O=C(CNC(=O)COc1ccccc1)NCc1ccc(Cl)cc1Cl. The van der Waals surface area contributed by atoms with Gasteiger partial charge in [-0.1, -0.05) is 47.5 Å². The Balaban J connectivity index is 1.68. The predicted molar refractivity (Wildman–Crippen MR) is 93.3 cm³/mol. The van der Waals surface area contributed by atoms with E-state index in [1.165, 1.54) is 0 Å². The minimum atomic E-state index is -0.376. The quantitative estimate of drug-likeness (QED) is 0.791. The molecule has 5 nitrogen and oxygen atoms in total. The van der Waals surface area contributed by atoms with Gasteiger partial charge in [-0.05, 0) is 29.8 Å². The zero-order valence-electron chi connectivity index (χ0n) is 12.7. The third kappa shape index (κ3) is 6.10. The first-order valence-electron chi connectivity index (χ1n) is 7.20. The number of carbonyl (C=O) groups is 2. The van der Waals surface area contributed by atoms with Gasteiger partial charge in [0.1, 0.15) is 5.75 Å². The van der Waals surface area contributed by atoms with Crippen LogP contribution in [0, 0.1) is 0 Å². The summed E-state index contributed by atoms with van der Waals surface area (Å²) in [7, 11) is 0. The first-order chi connectivity index (χ1) is 11.5. The number of hydrogen-bond donors (Lipinski definition) is 2. The molecule has 0 heterocycles. The van der Waals surface area contributed by atoms with Crippen molar-refractivity contribution in [2.24, 2.45) is 0 Å². The van der Waals surface area contributed by atoms with Crippen molar-refractivity contribution in [1.29, 1.82) is 0 Å². The Morgan fingerprint density at radius 3 is 2.42 bits per heavy atom. The Bertz CT molecular complexity index is 708. The van der Waals surface area contributed by atoms with E-state index in [0.717, 1.165) is 5.56 Å². The Hall–Kier alpha value is -2.24. The van der Waals surface area contributed by atoms with Crippen LogP contribution in [0.1, 0.15) is 5.56 Å². The Kier molecular flexibility index (Phi) is 6.90. The van der Waals surface area contributed by atoms with Crippen LogP contribution in [-0.2, 0) is 16.1 Å². The molecule has 0 fully saturated rings. The molecule has 0 spiro atoms. The number of nitrogens with one attached hydrogen (secondary N) is 2. The van der Waals surface area contributed by atoms with Crippen LogP contribution in [0.4, 0.5) is 0 Å². The van der Waals surface area contributed by atoms with Crippen molar-refractivity contribution in [2.45, 2.75) is 6.54 Å². The zero-order valence-corrected chi connectivity index (χ0v) is 14.2. The van der Waals surface area contributed by atoms with Crippen molar-refractivity contribution in [2.75, 3.05) is 13.2 Å². The van der Waals surface area contributed by atoms with Gasteiger partial charge in [-0.25, -0.2) is 0 Å². The lowest BCUT2D eigenvalue weighted by molar-refractivity contribution is -0.127. The first-order valence-corrected chi connectivity index (χ1v) is 7.95. The maximum Gasteiger partial charge on any atom is 0.258 e. The molecule has 2 rings (SSSR count). The number of ether oxygens (including phenoxy) is 1. The van der Waals surface area contributed by atoms with E-state index < -0.39 is 0 Å². The first kappa shape index (κ1) is 18.1. The predicted octanol–water partition coefficient (Wildman–Crippen LogP) is 2.80. The number of benzene rings is 2.